The molecule has 1 fully saturated rings. The van der Waals surface area contributed by atoms with Gasteiger partial charge in [0.25, 0.3) is 5.91 Å². The highest BCUT2D eigenvalue weighted by Crippen LogP contribution is 2.28. The van der Waals surface area contributed by atoms with Crippen molar-refractivity contribution in [2.75, 3.05) is 6.54 Å². The molecule has 1 rings (SSSR count). The standard InChI is InChI=1S/C14H23N3O3/c1-2-4-13(19)17-11(9-12(15)18)14(20)16-8-7-10-5-3-6-10/h10H,2-9H2,1H3,(H2,15,18)(H,16,20)/b17-11+. The molecular weight excluding hydrogens is 258 g/mol. The third-order valence-corrected chi connectivity index (χ3v) is 3.39. The fourth-order valence-corrected chi connectivity index (χ4v) is 2.03. The van der Waals surface area contributed by atoms with Gasteiger partial charge in [-0.3, -0.25) is 14.4 Å². The summed E-state index contributed by atoms with van der Waals surface area (Å²) < 4.78 is 0. The van der Waals surface area contributed by atoms with Crippen molar-refractivity contribution in [3.05, 3.63) is 0 Å². The highest BCUT2D eigenvalue weighted by molar-refractivity contribution is 6.43. The predicted octanol–water partition coefficient (Wildman–Crippen LogP) is 0.936. The summed E-state index contributed by atoms with van der Waals surface area (Å²) in [7, 11) is 0. The monoisotopic (exact) mass is 281 g/mol. The molecule has 3 N–H and O–H groups in total. The Kier molecular flexibility index (Phi) is 6.90. The molecule has 1 saturated carbocycles. The van der Waals surface area contributed by atoms with E-state index in [1.807, 2.05) is 6.92 Å². The van der Waals surface area contributed by atoms with Crippen LogP contribution in [0.25, 0.3) is 0 Å². The second-order valence-electron chi connectivity index (χ2n) is 5.19. The topological polar surface area (TPSA) is 102 Å². The van der Waals surface area contributed by atoms with E-state index in [0.29, 0.717) is 18.9 Å². The van der Waals surface area contributed by atoms with Gasteiger partial charge in [0, 0.05) is 13.0 Å². The maximum absolute atomic E-state index is 11.9. The zero-order valence-corrected chi connectivity index (χ0v) is 12.0. The van der Waals surface area contributed by atoms with Crippen LogP contribution in [0.5, 0.6) is 0 Å². The van der Waals surface area contributed by atoms with Crippen molar-refractivity contribution in [1.82, 2.24) is 5.32 Å². The van der Waals surface area contributed by atoms with Crippen LogP contribution in [0.2, 0.25) is 0 Å². The van der Waals surface area contributed by atoms with E-state index in [-0.39, 0.29) is 18.6 Å². The van der Waals surface area contributed by atoms with Gasteiger partial charge in [-0.15, -0.1) is 0 Å². The minimum atomic E-state index is -0.665. The molecule has 0 spiro atoms. The van der Waals surface area contributed by atoms with Crippen LogP contribution in [0.15, 0.2) is 4.99 Å². The van der Waals surface area contributed by atoms with Crippen LogP contribution in [0.1, 0.15) is 51.9 Å². The number of nitrogens with one attached hydrogen (secondary N) is 1. The average Bonchev–Trinajstić information content (AvgIpc) is 2.31. The van der Waals surface area contributed by atoms with E-state index in [1.165, 1.54) is 19.3 Å². The van der Waals surface area contributed by atoms with Crippen molar-refractivity contribution in [3.63, 3.8) is 0 Å². The number of nitrogens with two attached hydrogens (primary N) is 1. The Bertz CT molecular complexity index is 400. The van der Waals surface area contributed by atoms with E-state index < -0.39 is 17.7 Å². The molecule has 1 aliphatic carbocycles. The average molecular weight is 281 g/mol. The van der Waals surface area contributed by atoms with Gasteiger partial charge in [-0.25, -0.2) is 4.99 Å². The predicted molar refractivity (Wildman–Crippen MR) is 76.1 cm³/mol. The minimum absolute atomic E-state index is 0.0791. The van der Waals surface area contributed by atoms with Crippen LogP contribution in [0.4, 0.5) is 0 Å². The maximum Gasteiger partial charge on any atom is 0.266 e. The second kappa shape index (κ2) is 8.45. The minimum Gasteiger partial charge on any atom is -0.369 e. The van der Waals surface area contributed by atoms with E-state index in [0.717, 1.165) is 6.42 Å². The molecule has 0 aromatic heterocycles. The smallest absolute Gasteiger partial charge is 0.266 e. The maximum atomic E-state index is 11.9. The molecule has 0 unspecified atom stereocenters. The van der Waals surface area contributed by atoms with Gasteiger partial charge < -0.3 is 11.1 Å². The van der Waals surface area contributed by atoms with Crippen LogP contribution < -0.4 is 11.1 Å². The van der Waals surface area contributed by atoms with Crippen molar-refractivity contribution in [3.8, 4) is 0 Å². The SMILES string of the molecule is CCCC(=O)/N=C(\CC(N)=O)C(=O)NCCC1CCC1. The fourth-order valence-electron chi connectivity index (χ4n) is 2.03. The lowest BCUT2D eigenvalue weighted by Gasteiger charge is -2.25. The Balaban J connectivity index is 2.49. The summed E-state index contributed by atoms with van der Waals surface area (Å²) in [5, 5.41) is 2.70. The lowest BCUT2D eigenvalue weighted by atomic mass is 9.83. The van der Waals surface area contributed by atoms with Gasteiger partial charge in [0.15, 0.2) is 0 Å². The van der Waals surface area contributed by atoms with E-state index in [1.54, 1.807) is 0 Å². The third kappa shape index (κ3) is 5.95. The van der Waals surface area contributed by atoms with Crippen LogP contribution in [0, 0.1) is 5.92 Å². The summed E-state index contributed by atoms with van der Waals surface area (Å²) in [5.41, 5.74) is 5.00. The summed E-state index contributed by atoms with van der Waals surface area (Å²) in [6.45, 7) is 2.39. The number of amides is 3. The Morgan fingerprint density at radius 3 is 2.50 bits per heavy atom. The molecular formula is C14H23N3O3. The Hall–Kier alpha value is -1.72. The molecule has 0 bridgehead atoms. The second-order valence-corrected chi connectivity index (χ2v) is 5.19. The third-order valence-electron chi connectivity index (χ3n) is 3.39. The number of hydrogen-bond acceptors (Lipinski definition) is 3. The lowest BCUT2D eigenvalue weighted by Crippen LogP contribution is -2.36. The first kappa shape index (κ1) is 16.3. The number of nitrogens with zero attached hydrogens (tertiary/aromatic N) is 1. The molecule has 0 aromatic rings. The summed E-state index contributed by atoms with van der Waals surface area (Å²) >= 11 is 0. The number of primary amides is 1. The van der Waals surface area contributed by atoms with E-state index in [9.17, 15) is 14.4 Å². The number of hydrogen-bond donors (Lipinski definition) is 2. The van der Waals surface area contributed by atoms with Crippen molar-refractivity contribution >= 4 is 23.4 Å². The molecule has 1 aliphatic rings. The Morgan fingerprint density at radius 1 is 1.30 bits per heavy atom. The van der Waals surface area contributed by atoms with Crippen molar-refractivity contribution in [2.45, 2.75) is 51.9 Å². The van der Waals surface area contributed by atoms with Gasteiger partial charge in [-0.1, -0.05) is 26.2 Å². The zero-order valence-electron chi connectivity index (χ0n) is 12.0. The molecule has 0 heterocycles. The molecule has 0 aromatic carbocycles. The van der Waals surface area contributed by atoms with Crippen molar-refractivity contribution < 1.29 is 14.4 Å². The van der Waals surface area contributed by atoms with E-state index in [4.69, 9.17) is 5.73 Å². The Morgan fingerprint density at radius 2 is 2.00 bits per heavy atom. The first-order chi connectivity index (χ1) is 9.52. The molecule has 6 heteroatoms. The summed E-state index contributed by atoms with van der Waals surface area (Å²) in [6, 6.07) is 0. The highest BCUT2D eigenvalue weighted by Gasteiger charge is 2.19. The number of carbonyl (C=O) groups is 3. The van der Waals surface area contributed by atoms with Crippen LogP contribution in [0.3, 0.4) is 0 Å². The molecule has 112 valence electrons. The summed E-state index contributed by atoms with van der Waals surface area (Å²) in [6.07, 6.45) is 5.23. The number of aliphatic imine (C=N–C) groups is 1. The first-order valence-electron chi connectivity index (χ1n) is 7.19. The molecule has 6 nitrogen and oxygen atoms in total. The molecule has 0 radical (unpaired) electrons. The molecule has 0 saturated heterocycles. The van der Waals surface area contributed by atoms with Gasteiger partial charge in [-0.2, -0.15) is 0 Å². The van der Waals surface area contributed by atoms with E-state index in [2.05, 4.69) is 10.3 Å². The zero-order chi connectivity index (χ0) is 15.0. The molecule has 0 atom stereocenters. The Labute approximate surface area is 119 Å². The van der Waals surface area contributed by atoms with E-state index >= 15 is 0 Å². The van der Waals surface area contributed by atoms with Gasteiger partial charge in [0.1, 0.15) is 5.71 Å². The highest BCUT2D eigenvalue weighted by atomic mass is 16.2. The number of rotatable bonds is 8. The van der Waals surface area contributed by atoms with Gasteiger partial charge in [0.05, 0.1) is 6.42 Å². The van der Waals surface area contributed by atoms with Crippen molar-refractivity contribution in [2.24, 2.45) is 16.6 Å². The van der Waals surface area contributed by atoms with Crippen LogP contribution in [-0.2, 0) is 14.4 Å². The molecule has 0 aliphatic heterocycles. The summed E-state index contributed by atoms with van der Waals surface area (Å²) in [5.74, 6) is -0.832. The summed E-state index contributed by atoms with van der Waals surface area (Å²) in [4.78, 5) is 38.0. The quantitative estimate of drug-likeness (QED) is 0.647. The molecule has 20 heavy (non-hydrogen) atoms. The van der Waals surface area contributed by atoms with Gasteiger partial charge in [-0.05, 0) is 18.8 Å². The normalized spacial score (nSPS) is 15.6. The van der Waals surface area contributed by atoms with Crippen molar-refractivity contribution in [1.29, 1.82) is 0 Å². The first-order valence-corrected chi connectivity index (χ1v) is 7.19. The lowest BCUT2D eigenvalue weighted by molar-refractivity contribution is -0.120. The van der Waals surface area contributed by atoms with Gasteiger partial charge in [0.2, 0.25) is 11.8 Å². The van der Waals surface area contributed by atoms with Crippen LogP contribution >= 0.6 is 0 Å². The fraction of sp³-hybridized carbons (Fsp3) is 0.714. The largest absolute Gasteiger partial charge is 0.369 e. The number of carbonyl (C=O) groups excluding carboxylic acids is 3. The van der Waals surface area contributed by atoms with Gasteiger partial charge >= 0.3 is 0 Å². The van der Waals surface area contributed by atoms with Crippen LogP contribution in [-0.4, -0.2) is 30.0 Å². The molecule has 3 amide bonds.